The molecule has 0 heterocycles. The maximum absolute atomic E-state index is 6.62. The van der Waals surface area contributed by atoms with Crippen molar-refractivity contribution in [1.82, 2.24) is 0 Å². The Morgan fingerprint density at radius 2 is 1.53 bits per heavy atom. The van der Waals surface area contributed by atoms with Crippen molar-refractivity contribution >= 4 is 39.1 Å². The molecule has 0 saturated carbocycles. The van der Waals surface area contributed by atoms with E-state index in [4.69, 9.17) is 23.2 Å². The molecule has 100 valence electrons. The summed E-state index contributed by atoms with van der Waals surface area (Å²) in [5.41, 5.74) is 5.61. The quantitative estimate of drug-likeness (QED) is 0.549. The summed E-state index contributed by atoms with van der Waals surface area (Å²) in [6.07, 6.45) is 0. The van der Waals surface area contributed by atoms with Crippen LogP contribution in [0.15, 0.2) is 34.8 Å². The normalized spacial score (nSPS) is 12.5. The molecule has 2 aromatic carbocycles. The van der Waals surface area contributed by atoms with Gasteiger partial charge in [0.05, 0.1) is 5.38 Å². The van der Waals surface area contributed by atoms with Gasteiger partial charge < -0.3 is 0 Å². The van der Waals surface area contributed by atoms with Crippen LogP contribution in [-0.2, 0) is 0 Å². The third-order valence-electron chi connectivity index (χ3n) is 3.39. The van der Waals surface area contributed by atoms with Crippen LogP contribution in [0.4, 0.5) is 0 Å². The first-order chi connectivity index (χ1) is 8.90. The van der Waals surface area contributed by atoms with Crippen molar-refractivity contribution in [2.24, 2.45) is 0 Å². The fourth-order valence-corrected chi connectivity index (χ4v) is 3.37. The van der Waals surface area contributed by atoms with Gasteiger partial charge in [-0.25, -0.2) is 0 Å². The van der Waals surface area contributed by atoms with Gasteiger partial charge in [-0.2, -0.15) is 0 Å². The predicted molar refractivity (Wildman–Crippen MR) is 87.5 cm³/mol. The van der Waals surface area contributed by atoms with Gasteiger partial charge in [-0.1, -0.05) is 39.7 Å². The van der Waals surface area contributed by atoms with Crippen LogP contribution in [-0.4, -0.2) is 0 Å². The number of hydrogen-bond acceptors (Lipinski definition) is 0. The number of alkyl halides is 1. The van der Waals surface area contributed by atoms with E-state index in [2.05, 4.69) is 48.8 Å². The second kappa shape index (κ2) is 5.87. The van der Waals surface area contributed by atoms with Crippen molar-refractivity contribution in [3.63, 3.8) is 0 Å². The zero-order valence-electron chi connectivity index (χ0n) is 11.1. The highest BCUT2D eigenvalue weighted by Crippen LogP contribution is 2.37. The van der Waals surface area contributed by atoms with E-state index < -0.39 is 0 Å². The summed E-state index contributed by atoms with van der Waals surface area (Å²) in [6.45, 7) is 6.19. The Balaban J connectivity index is 2.49. The highest BCUT2D eigenvalue weighted by molar-refractivity contribution is 9.10. The average Bonchev–Trinajstić information content (AvgIpc) is 2.33. The van der Waals surface area contributed by atoms with Crippen LogP contribution in [0.1, 0.15) is 33.2 Å². The average molecular weight is 358 g/mol. The topological polar surface area (TPSA) is 0 Å². The first-order valence-electron chi connectivity index (χ1n) is 6.07. The fourth-order valence-electron chi connectivity index (χ4n) is 2.09. The lowest BCUT2D eigenvalue weighted by molar-refractivity contribution is 1.10. The molecular formula is C16H15BrCl2. The van der Waals surface area contributed by atoms with E-state index in [1.54, 1.807) is 0 Å². The van der Waals surface area contributed by atoms with Crippen LogP contribution < -0.4 is 0 Å². The van der Waals surface area contributed by atoms with E-state index in [0.29, 0.717) is 0 Å². The minimum atomic E-state index is -0.222. The largest absolute Gasteiger partial charge is 0.113 e. The maximum Gasteiger partial charge on any atom is 0.0852 e. The maximum atomic E-state index is 6.62. The van der Waals surface area contributed by atoms with Crippen LogP contribution >= 0.6 is 39.1 Å². The molecule has 2 rings (SSSR count). The van der Waals surface area contributed by atoms with Crippen molar-refractivity contribution in [2.75, 3.05) is 0 Å². The summed E-state index contributed by atoms with van der Waals surface area (Å²) in [6, 6.07) is 10.2. The summed E-state index contributed by atoms with van der Waals surface area (Å²) >= 11 is 16.4. The lowest BCUT2D eigenvalue weighted by Crippen LogP contribution is -1.99. The minimum Gasteiger partial charge on any atom is -0.113 e. The number of halogens is 3. The molecule has 0 aliphatic carbocycles. The summed E-state index contributed by atoms with van der Waals surface area (Å²) in [5.74, 6) is 0. The molecule has 0 nitrogen and oxygen atoms in total. The molecule has 0 N–H and O–H groups in total. The van der Waals surface area contributed by atoms with Crippen LogP contribution in [0.25, 0.3) is 0 Å². The Morgan fingerprint density at radius 3 is 2.16 bits per heavy atom. The van der Waals surface area contributed by atoms with Gasteiger partial charge in [-0.15, -0.1) is 11.6 Å². The molecule has 19 heavy (non-hydrogen) atoms. The molecule has 1 unspecified atom stereocenters. The molecule has 0 radical (unpaired) electrons. The Hall–Kier alpha value is -0.500. The molecule has 0 fully saturated rings. The van der Waals surface area contributed by atoms with Gasteiger partial charge in [-0.3, -0.25) is 0 Å². The molecule has 0 aliphatic heterocycles. The number of benzene rings is 2. The van der Waals surface area contributed by atoms with Crippen molar-refractivity contribution in [1.29, 1.82) is 0 Å². The third kappa shape index (κ3) is 3.16. The second-order valence-corrected chi connectivity index (χ2v) is 6.58. The Labute approximate surface area is 132 Å². The minimum absolute atomic E-state index is 0.222. The van der Waals surface area contributed by atoms with E-state index in [1.165, 1.54) is 11.1 Å². The zero-order chi connectivity index (χ0) is 14.2. The molecule has 2 aromatic rings. The zero-order valence-corrected chi connectivity index (χ0v) is 14.2. The van der Waals surface area contributed by atoms with Crippen LogP contribution in [0.2, 0.25) is 5.02 Å². The Kier molecular flexibility index (Phi) is 4.60. The highest BCUT2D eigenvalue weighted by atomic mass is 79.9. The van der Waals surface area contributed by atoms with E-state index in [1.807, 2.05) is 18.2 Å². The van der Waals surface area contributed by atoms with Gasteiger partial charge >= 0.3 is 0 Å². The lowest BCUT2D eigenvalue weighted by atomic mass is 9.97. The molecule has 0 bridgehead atoms. The molecule has 0 aromatic heterocycles. The van der Waals surface area contributed by atoms with Gasteiger partial charge in [0.1, 0.15) is 0 Å². The third-order valence-corrected chi connectivity index (χ3v) is 4.68. The lowest BCUT2D eigenvalue weighted by Gasteiger charge is -2.16. The van der Waals surface area contributed by atoms with Crippen molar-refractivity contribution < 1.29 is 0 Å². The van der Waals surface area contributed by atoms with E-state index >= 15 is 0 Å². The van der Waals surface area contributed by atoms with Crippen molar-refractivity contribution in [3.8, 4) is 0 Å². The monoisotopic (exact) mass is 356 g/mol. The SMILES string of the molecule is Cc1cc(Cl)c(C(Cl)c2ccc(Br)cc2C)cc1C. The molecule has 1 atom stereocenters. The van der Waals surface area contributed by atoms with Gasteiger partial charge in [0.25, 0.3) is 0 Å². The van der Waals surface area contributed by atoms with Crippen LogP contribution in [0, 0.1) is 20.8 Å². The van der Waals surface area contributed by atoms with Crippen molar-refractivity contribution in [3.05, 3.63) is 67.6 Å². The molecular weight excluding hydrogens is 343 g/mol. The second-order valence-electron chi connectivity index (χ2n) is 4.82. The summed E-state index contributed by atoms with van der Waals surface area (Å²) < 4.78 is 1.06. The molecule has 0 amide bonds. The van der Waals surface area contributed by atoms with E-state index in [9.17, 15) is 0 Å². The molecule has 0 spiro atoms. The Bertz CT molecular complexity index is 620. The first-order valence-corrected chi connectivity index (χ1v) is 7.67. The molecule has 0 aliphatic rings. The van der Waals surface area contributed by atoms with Crippen molar-refractivity contribution in [2.45, 2.75) is 26.1 Å². The number of aryl methyl sites for hydroxylation is 3. The van der Waals surface area contributed by atoms with Gasteiger partial charge in [0.2, 0.25) is 0 Å². The predicted octanol–water partition coefficient (Wildman–Crippen LogP) is 6.36. The summed E-state index contributed by atoms with van der Waals surface area (Å²) in [7, 11) is 0. The number of rotatable bonds is 2. The van der Waals surface area contributed by atoms with Gasteiger partial charge in [0, 0.05) is 9.50 Å². The van der Waals surface area contributed by atoms with E-state index in [0.717, 1.165) is 26.2 Å². The standard InChI is InChI=1S/C16H15BrCl2/c1-9-7-14(15(18)8-10(9)2)16(19)13-5-4-12(17)6-11(13)3/h4-8,16H,1-3H3. The summed E-state index contributed by atoms with van der Waals surface area (Å²) in [5, 5.41) is 0.505. The molecule has 0 saturated heterocycles. The number of hydrogen-bond donors (Lipinski definition) is 0. The van der Waals surface area contributed by atoms with Crippen LogP contribution in [0.5, 0.6) is 0 Å². The van der Waals surface area contributed by atoms with Gasteiger partial charge in [-0.05, 0) is 66.8 Å². The van der Waals surface area contributed by atoms with E-state index in [-0.39, 0.29) is 5.38 Å². The Morgan fingerprint density at radius 1 is 0.895 bits per heavy atom. The summed E-state index contributed by atoms with van der Waals surface area (Å²) in [4.78, 5) is 0. The molecule has 3 heteroatoms. The highest BCUT2D eigenvalue weighted by Gasteiger charge is 2.17. The smallest absolute Gasteiger partial charge is 0.0852 e. The van der Waals surface area contributed by atoms with Gasteiger partial charge in [0.15, 0.2) is 0 Å². The first kappa shape index (κ1) is 14.9. The fraction of sp³-hybridized carbons (Fsp3) is 0.250. The van der Waals surface area contributed by atoms with Crippen LogP contribution in [0.3, 0.4) is 0 Å².